The van der Waals surface area contributed by atoms with E-state index in [4.69, 9.17) is 4.74 Å². The van der Waals surface area contributed by atoms with E-state index >= 15 is 0 Å². The predicted octanol–water partition coefficient (Wildman–Crippen LogP) is -0.251. The minimum Gasteiger partial charge on any atom is -0.482 e. The Morgan fingerprint density at radius 2 is 2.23 bits per heavy atom. The van der Waals surface area contributed by atoms with E-state index in [9.17, 15) is 14.7 Å². The molecule has 3 rings (SSSR count). The van der Waals surface area contributed by atoms with Crippen LogP contribution in [0, 0.1) is 5.92 Å². The molecule has 2 aliphatic heterocycles. The fraction of sp³-hybridized carbons (Fsp3) is 0.429. The summed E-state index contributed by atoms with van der Waals surface area (Å²) in [5.74, 6) is 0.105. The predicted molar refractivity (Wildman–Crippen MR) is 82.5 cm³/mol. The van der Waals surface area contributed by atoms with E-state index in [1.165, 1.54) is 0 Å². The second-order valence-corrected chi connectivity index (χ2v) is 5.24. The summed E-state index contributed by atoms with van der Waals surface area (Å²) in [6, 6.07) is 4.90. The first-order valence-corrected chi connectivity index (χ1v) is 6.87. The van der Waals surface area contributed by atoms with Gasteiger partial charge in [-0.15, -0.1) is 12.4 Å². The number of hydrogen-bond acceptors (Lipinski definition) is 5. The molecule has 0 aliphatic carbocycles. The van der Waals surface area contributed by atoms with Gasteiger partial charge >= 0.3 is 0 Å². The van der Waals surface area contributed by atoms with Crippen molar-refractivity contribution in [1.82, 2.24) is 10.6 Å². The van der Waals surface area contributed by atoms with Crippen LogP contribution in [0.5, 0.6) is 5.75 Å². The molecule has 7 nitrogen and oxygen atoms in total. The van der Waals surface area contributed by atoms with Gasteiger partial charge in [0, 0.05) is 31.1 Å². The highest BCUT2D eigenvalue weighted by Crippen LogP contribution is 2.28. The van der Waals surface area contributed by atoms with Gasteiger partial charge in [0.2, 0.25) is 0 Å². The standard InChI is InChI=1S/C14H17N3O4.ClH/c18-11-6-15-4-9(11)5-16-14(20)8-1-2-12-10(3-8)17-13(19)7-21-12;/h1-3,9,11,15,18H,4-7H2,(H,16,20)(H,17,19);1H. The van der Waals surface area contributed by atoms with Gasteiger partial charge in [0.05, 0.1) is 11.8 Å². The Morgan fingerprint density at radius 1 is 1.41 bits per heavy atom. The first-order valence-electron chi connectivity index (χ1n) is 6.87. The molecule has 0 aromatic heterocycles. The molecule has 2 heterocycles. The van der Waals surface area contributed by atoms with Crippen molar-refractivity contribution in [1.29, 1.82) is 0 Å². The maximum Gasteiger partial charge on any atom is 0.262 e. The summed E-state index contributed by atoms with van der Waals surface area (Å²) in [4.78, 5) is 23.4. The molecule has 120 valence electrons. The SMILES string of the molecule is Cl.O=C1COc2ccc(C(=O)NCC3CNCC3O)cc2N1. The molecule has 2 atom stereocenters. The summed E-state index contributed by atoms with van der Waals surface area (Å²) in [7, 11) is 0. The normalized spacial score (nSPS) is 22.9. The number of benzene rings is 1. The van der Waals surface area contributed by atoms with Gasteiger partial charge in [-0.25, -0.2) is 0 Å². The first kappa shape index (κ1) is 16.5. The Bertz CT molecular complexity index is 581. The number of rotatable bonds is 3. The summed E-state index contributed by atoms with van der Waals surface area (Å²) in [6.07, 6.45) is -0.429. The number of aliphatic hydroxyl groups excluding tert-OH is 1. The largest absolute Gasteiger partial charge is 0.482 e. The molecular formula is C14H18ClN3O4. The van der Waals surface area contributed by atoms with Crippen LogP contribution in [-0.2, 0) is 4.79 Å². The molecule has 1 fully saturated rings. The van der Waals surface area contributed by atoms with Crippen LogP contribution >= 0.6 is 12.4 Å². The maximum absolute atomic E-state index is 12.1. The fourth-order valence-corrected chi connectivity index (χ4v) is 2.48. The number of ether oxygens (including phenoxy) is 1. The van der Waals surface area contributed by atoms with Crippen LogP contribution in [0.25, 0.3) is 0 Å². The topological polar surface area (TPSA) is 99.7 Å². The number of hydrogen-bond donors (Lipinski definition) is 4. The zero-order chi connectivity index (χ0) is 14.8. The van der Waals surface area contributed by atoms with Crippen molar-refractivity contribution in [3.8, 4) is 5.75 Å². The Balaban J connectivity index is 0.00000176. The molecule has 8 heteroatoms. The lowest BCUT2D eigenvalue weighted by Gasteiger charge is -2.19. The molecule has 0 spiro atoms. The van der Waals surface area contributed by atoms with Crippen LogP contribution < -0.4 is 20.7 Å². The van der Waals surface area contributed by atoms with Crippen LogP contribution in [-0.4, -0.2) is 49.3 Å². The van der Waals surface area contributed by atoms with Crippen LogP contribution in [0.15, 0.2) is 18.2 Å². The minimum absolute atomic E-state index is 0. The smallest absolute Gasteiger partial charge is 0.262 e. The van der Waals surface area contributed by atoms with Crippen molar-refractivity contribution in [3.05, 3.63) is 23.8 Å². The van der Waals surface area contributed by atoms with Gasteiger partial charge in [-0.3, -0.25) is 9.59 Å². The molecule has 0 bridgehead atoms. The first-order chi connectivity index (χ1) is 10.1. The number of carbonyl (C=O) groups is 2. The molecule has 1 aromatic rings. The number of halogens is 1. The zero-order valence-electron chi connectivity index (χ0n) is 11.8. The third-order valence-electron chi connectivity index (χ3n) is 3.70. The lowest BCUT2D eigenvalue weighted by Crippen LogP contribution is -2.34. The van der Waals surface area contributed by atoms with Crippen molar-refractivity contribution in [2.24, 2.45) is 5.92 Å². The van der Waals surface area contributed by atoms with E-state index in [0.717, 1.165) is 0 Å². The fourth-order valence-electron chi connectivity index (χ4n) is 2.48. The molecule has 1 saturated heterocycles. The lowest BCUT2D eigenvalue weighted by molar-refractivity contribution is -0.118. The third kappa shape index (κ3) is 3.49. The average Bonchev–Trinajstić information content (AvgIpc) is 2.89. The van der Waals surface area contributed by atoms with Gasteiger partial charge in [-0.1, -0.05) is 0 Å². The molecule has 0 radical (unpaired) electrons. The van der Waals surface area contributed by atoms with Gasteiger partial charge < -0.3 is 25.8 Å². The number of anilines is 1. The molecule has 0 saturated carbocycles. The summed E-state index contributed by atoms with van der Waals surface area (Å²) < 4.78 is 5.24. The Hall–Kier alpha value is -1.83. The summed E-state index contributed by atoms with van der Waals surface area (Å²) in [5, 5.41) is 18.2. The van der Waals surface area contributed by atoms with E-state index in [-0.39, 0.29) is 36.7 Å². The summed E-state index contributed by atoms with van der Waals surface area (Å²) >= 11 is 0. The van der Waals surface area contributed by atoms with Gasteiger partial charge in [0.1, 0.15) is 5.75 Å². The van der Waals surface area contributed by atoms with Crippen LogP contribution in [0.4, 0.5) is 5.69 Å². The third-order valence-corrected chi connectivity index (χ3v) is 3.70. The monoisotopic (exact) mass is 327 g/mol. The number of β-amino-alcohol motifs (C(OH)–C–C–N with tert-alkyl or cyclic N) is 1. The molecule has 2 aliphatic rings. The van der Waals surface area contributed by atoms with Gasteiger partial charge in [0.25, 0.3) is 11.8 Å². The van der Waals surface area contributed by atoms with E-state index in [1.54, 1.807) is 18.2 Å². The highest BCUT2D eigenvalue weighted by atomic mass is 35.5. The van der Waals surface area contributed by atoms with E-state index in [2.05, 4.69) is 16.0 Å². The number of amides is 2. The highest BCUT2D eigenvalue weighted by Gasteiger charge is 2.25. The lowest BCUT2D eigenvalue weighted by atomic mass is 10.1. The van der Waals surface area contributed by atoms with E-state index < -0.39 is 6.10 Å². The molecule has 4 N–H and O–H groups in total. The number of fused-ring (bicyclic) bond motifs is 1. The summed E-state index contributed by atoms with van der Waals surface area (Å²) in [6.45, 7) is 1.65. The quantitative estimate of drug-likeness (QED) is 0.613. The van der Waals surface area contributed by atoms with Crippen LogP contribution in [0.3, 0.4) is 0 Å². The molecule has 22 heavy (non-hydrogen) atoms. The Kier molecular flexibility index (Phi) is 5.23. The Labute approximate surface area is 133 Å². The van der Waals surface area contributed by atoms with Crippen molar-refractivity contribution >= 4 is 29.9 Å². The second kappa shape index (κ2) is 6.95. The Morgan fingerprint density at radius 3 is 2.95 bits per heavy atom. The second-order valence-electron chi connectivity index (χ2n) is 5.24. The minimum atomic E-state index is -0.429. The van der Waals surface area contributed by atoms with Crippen molar-refractivity contribution < 1.29 is 19.4 Å². The van der Waals surface area contributed by atoms with Gasteiger partial charge in [-0.2, -0.15) is 0 Å². The van der Waals surface area contributed by atoms with Crippen molar-refractivity contribution in [2.75, 3.05) is 31.6 Å². The van der Waals surface area contributed by atoms with Crippen molar-refractivity contribution in [2.45, 2.75) is 6.10 Å². The van der Waals surface area contributed by atoms with Gasteiger partial charge in [0.15, 0.2) is 6.61 Å². The van der Waals surface area contributed by atoms with Gasteiger partial charge in [-0.05, 0) is 18.2 Å². The molecule has 2 unspecified atom stereocenters. The summed E-state index contributed by atoms with van der Waals surface area (Å²) in [5.41, 5.74) is 0.946. The molecular weight excluding hydrogens is 310 g/mol. The van der Waals surface area contributed by atoms with Crippen LogP contribution in [0.2, 0.25) is 0 Å². The number of carbonyl (C=O) groups excluding carboxylic acids is 2. The average molecular weight is 328 g/mol. The maximum atomic E-state index is 12.1. The molecule has 1 aromatic carbocycles. The number of nitrogens with one attached hydrogen (secondary N) is 3. The number of aliphatic hydroxyl groups is 1. The molecule has 2 amide bonds. The van der Waals surface area contributed by atoms with E-state index in [1.807, 2.05) is 0 Å². The highest BCUT2D eigenvalue weighted by molar-refractivity contribution is 5.99. The van der Waals surface area contributed by atoms with Crippen LogP contribution in [0.1, 0.15) is 10.4 Å². The van der Waals surface area contributed by atoms with Crippen molar-refractivity contribution in [3.63, 3.8) is 0 Å². The zero-order valence-corrected chi connectivity index (χ0v) is 12.6. The van der Waals surface area contributed by atoms with E-state index in [0.29, 0.717) is 36.6 Å².